The average molecular weight is 446 g/mol. The van der Waals surface area contributed by atoms with E-state index in [0.717, 1.165) is 19.3 Å². The highest BCUT2D eigenvalue weighted by Crippen LogP contribution is 2.35. The third kappa shape index (κ3) is 6.53. The molecule has 0 saturated carbocycles. The van der Waals surface area contributed by atoms with E-state index in [2.05, 4.69) is 4.74 Å². The molecular formula is C18H30F3NO6S. The first-order valence-corrected chi connectivity index (χ1v) is 11.5. The van der Waals surface area contributed by atoms with Crippen LogP contribution >= 0.6 is 0 Å². The molecule has 0 aliphatic carbocycles. The second-order valence-corrected chi connectivity index (χ2v) is 10.0. The minimum absolute atomic E-state index is 0.0407. The molecule has 0 aromatic carbocycles. The second kappa shape index (κ2) is 10.4. The molecular weight excluding hydrogens is 415 g/mol. The monoisotopic (exact) mass is 445 g/mol. The Kier molecular flexibility index (Phi) is 8.74. The molecule has 2 aliphatic heterocycles. The summed E-state index contributed by atoms with van der Waals surface area (Å²) in [5.74, 6) is -0.969. The first-order valence-electron chi connectivity index (χ1n) is 10.0. The number of hydrogen-bond donors (Lipinski definition) is 1. The lowest BCUT2D eigenvalue weighted by atomic mass is 9.92. The minimum Gasteiger partial charge on any atom is -0.480 e. The summed E-state index contributed by atoms with van der Waals surface area (Å²) >= 11 is 0. The van der Waals surface area contributed by atoms with Crippen molar-refractivity contribution in [2.75, 3.05) is 39.5 Å². The molecule has 0 spiro atoms. The van der Waals surface area contributed by atoms with Crippen molar-refractivity contribution in [1.82, 2.24) is 4.31 Å². The maximum atomic E-state index is 13.0. The van der Waals surface area contributed by atoms with Crippen molar-refractivity contribution in [3.05, 3.63) is 0 Å². The molecule has 0 aromatic heterocycles. The highest BCUT2D eigenvalue weighted by molar-refractivity contribution is 7.91. The molecule has 2 fully saturated rings. The Morgan fingerprint density at radius 3 is 2.31 bits per heavy atom. The van der Waals surface area contributed by atoms with Gasteiger partial charge in [0.15, 0.2) is 4.75 Å². The zero-order chi connectivity index (χ0) is 21.5. The Morgan fingerprint density at radius 1 is 1.14 bits per heavy atom. The van der Waals surface area contributed by atoms with Crippen molar-refractivity contribution in [2.45, 2.75) is 62.3 Å². The molecule has 0 amide bonds. The van der Waals surface area contributed by atoms with Gasteiger partial charge in [-0.2, -0.15) is 13.2 Å². The molecule has 2 aliphatic rings. The number of hydrogen-bond acceptors (Lipinski definition) is 5. The van der Waals surface area contributed by atoms with Gasteiger partial charge in [-0.15, -0.1) is 0 Å². The Hall–Kier alpha value is -0.910. The quantitative estimate of drug-likeness (QED) is 0.520. The minimum atomic E-state index is -4.29. The van der Waals surface area contributed by atoms with Gasteiger partial charge in [-0.3, -0.25) is 4.79 Å². The number of rotatable bonds is 10. The number of halogens is 3. The zero-order valence-corrected chi connectivity index (χ0v) is 17.3. The van der Waals surface area contributed by atoms with E-state index in [9.17, 15) is 31.5 Å². The number of piperidine rings is 1. The van der Waals surface area contributed by atoms with E-state index in [1.807, 2.05) is 0 Å². The summed E-state index contributed by atoms with van der Waals surface area (Å²) < 4.78 is 71.2. The number of carboxylic acid groups (broad SMARTS) is 1. The van der Waals surface area contributed by atoms with Gasteiger partial charge in [0.25, 0.3) is 0 Å². The lowest BCUT2D eigenvalue weighted by Crippen LogP contribution is -2.57. The van der Waals surface area contributed by atoms with Crippen molar-refractivity contribution in [1.29, 1.82) is 0 Å². The average Bonchev–Trinajstić information content (AvgIpc) is 2.67. The van der Waals surface area contributed by atoms with E-state index >= 15 is 0 Å². The SMILES string of the molecule is O=C(O)C1(S(=O)(=O)N2CCC(CCCCCOCC(F)(F)F)CC2)CCOCC1. The van der Waals surface area contributed by atoms with Crippen LogP contribution in [0.3, 0.4) is 0 Å². The number of sulfonamides is 1. The van der Waals surface area contributed by atoms with Crippen LogP contribution in [-0.2, 0) is 24.3 Å². The number of carbonyl (C=O) groups is 1. The number of carboxylic acids is 1. The van der Waals surface area contributed by atoms with Crippen molar-refractivity contribution in [3.63, 3.8) is 0 Å². The molecule has 29 heavy (non-hydrogen) atoms. The highest BCUT2D eigenvalue weighted by atomic mass is 32.2. The summed E-state index contributed by atoms with van der Waals surface area (Å²) in [5, 5.41) is 9.62. The maximum absolute atomic E-state index is 13.0. The van der Waals surface area contributed by atoms with Crippen molar-refractivity contribution < 1.29 is 41.0 Å². The van der Waals surface area contributed by atoms with Crippen LogP contribution in [0.5, 0.6) is 0 Å². The van der Waals surface area contributed by atoms with Gasteiger partial charge in [-0.1, -0.05) is 19.3 Å². The van der Waals surface area contributed by atoms with Crippen LogP contribution in [0.1, 0.15) is 51.4 Å². The highest BCUT2D eigenvalue weighted by Gasteiger charge is 2.54. The molecule has 170 valence electrons. The van der Waals surface area contributed by atoms with Crippen LogP contribution in [0.25, 0.3) is 0 Å². The fourth-order valence-corrected chi connectivity index (χ4v) is 6.06. The maximum Gasteiger partial charge on any atom is 0.411 e. The molecule has 0 unspecified atom stereocenters. The normalized spacial score (nSPS) is 21.9. The van der Waals surface area contributed by atoms with Crippen molar-refractivity contribution >= 4 is 16.0 Å². The summed E-state index contributed by atoms with van der Waals surface area (Å²) in [6.45, 7) is -0.292. The fourth-order valence-electron chi connectivity index (χ4n) is 3.97. The van der Waals surface area contributed by atoms with E-state index in [4.69, 9.17) is 4.74 Å². The molecule has 0 bridgehead atoms. The van der Waals surface area contributed by atoms with E-state index < -0.39 is 33.5 Å². The summed E-state index contributed by atoms with van der Waals surface area (Å²) in [6, 6.07) is 0. The van der Waals surface area contributed by atoms with Gasteiger partial charge in [0.05, 0.1) is 0 Å². The Morgan fingerprint density at radius 2 is 1.76 bits per heavy atom. The molecule has 0 radical (unpaired) electrons. The van der Waals surface area contributed by atoms with Crippen LogP contribution in [0.2, 0.25) is 0 Å². The Bertz CT molecular complexity index is 626. The molecule has 7 nitrogen and oxygen atoms in total. The predicted molar refractivity (Wildman–Crippen MR) is 99.0 cm³/mol. The molecule has 2 saturated heterocycles. The zero-order valence-electron chi connectivity index (χ0n) is 16.5. The summed E-state index contributed by atoms with van der Waals surface area (Å²) in [4.78, 5) is 11.8. The van der Waals surface area contributed by atoms with E-state index in [-0.39, 0.29) is 32.7 Å². The van der Waals surface area contributed by atoms with Crippen LogP contribution in [-0.4, -0.2) is 74.2 Å². The lowest BCUT2D eigenvalue weighted by molar-refractivity contribution is -0.174. The Balaban J connectivity index is 1.72. The largest absolute Gasteiger partial charge is 0.480 e. The van der Waals surface area contributed by atoms with Crippen molar-refractivity contribution in [2.24, 2.45) is 5.92 Å². The fraction of sp³-hybridized carbons (Fsp3) is 0.944. The number of nitrogens with zero attached hydrogens (tertiary/aromatic N) is 1. The number of unbranched alkanes of at least 4 members (excludes halogenated alkanes) is 2. The van der Waals surface area contributed by atoms with Gasteiger partial charge in [-0.25, -0.2) is 12.7 Å². The van der Waals surface area contributed by atoms with Gasteiger partial charge in [0.1, 0.15) is 6.61 Å². The number of alkyl halides is 3. The lowest BCUT2D eigenvalue weighted by Gasteiger charge is -2.39. The molecule has 0 atom stereocenters. The topological polar surface area (TPSA) is 93.1 Å². The molecule has 0 aromatic rings. The van der Waals surface area contributed by atoms with Crippen LogP contribution < -0.4 is 0 Å². The van der Waals surface area contributed by atoms with Gasteiger partial charge in [0.2, 0.25) is 10.0 Å². The van der Waals surface area contributed by atoms with Gasteiger partial charge >= 0.3 is 12.1 Å². The van der Waals surface area contributed by atoms with E-state index in [0.29, 0.717) is 38.3 Å². The smallest absolute Gasteiger partial charge is 0.411 e. The molecule has 11 heteroatoms. The third-order valence-corrected chi connectivity index (χ3v) is 8.38. The third-order valence-electron chi connectivity index (χ3n) is 5.76. The predicted octanol–water partition coefficient (Wildman–Crippen LogP) is 2.80. The standard InChI is InChI=1S/C18H30F3NO6S/c19-18(20,21)14-28-11-3-1-2-4-15-5-9-22(10-6-15)29(25,26)17(16(23)24)7-12-27-13-8-17/h15H,1-14H2,(H,23,24). The molecule has 2 rings (SSSR count). The van der Waals surface area contributed by atoms with Gasteiger partial charge in [0, 0.05) is 45.8 Å². The van der Waals surface area contributed by atoms with Gasteiger partial charge in [-0.05, 0) is 25.2 Å². The number of ether oxygens (including phenoxy) is 2. The number of aliphatic carboxylic acids is 1. The molecule has 2 heterocycles. The first kappa shape index (κ1) is 24.4. The first-order chi connectivity index (χ1) is 13.6. The van der Waals surface area contributed by atoms with Crippen LogP contribution in [0, 0.1) is 5.92 Å². The summed E-state index contributed by atoms with van der Waals surface area (Å²) in [6.07, 6.45) is 0.00542. The van der Waals surface area contributed by atoms with E-state index in [1.165, 1.54) is 4.31 Å². The summed E-state index contributed by atoms with van der Waals surface area (Å²) in [7, 11) is -3.97. The van der Waals surface area contributed by atoms with Crippen LogP contribution in [0.4, 0.5) is 13.2 Å². The molecule has 1 N–H and O–H groups in total. The van der Waals surface area contributed by atoms with E-state index in [1.54, 1.807) is 0 Å². The second-order valence-electron chi connectivity index (χ2n) is 7.78. The summed E-state index contributed by atoms with van der Waals surface area (Å²) in [5.41, 5.74) is 0. The Labute approximate surface area is 169 Å². The van der Waals surface area contributed by atoms with Crippen molar-refractivity contribution in [3.8, 4) is 0 Å². The van der Waals surface area contributed by atoms with Crippen LogP contribution in [0.15, 0.2) is 0 Å². The van der Waals surface area contributed by atoms with Gasteiger partial charge < -0.3 is 14.6 Å².